The van der Waals surface area contributed by atoms with Crippen molar-refractivity contribution in [1.82, 2.24) is 9.97 Å². The average molecular weight is 730 g/mol. The second-order valence-corrected chi connectivity index (χ2v) is 15.5. The number of non-ortho nitro benzene ring substituents is 1. The molecule has 7 rings (SSSR count). The number of carbonyl (C=O) groups excluding carboxylic acids is 3. The van der Waals surface area contributed by atoms with Crippen LogP contribution in [0.5, 0.6) is 0 Å². The first kappa shape index (κ1) is 35.3. The van der Waals surface area contributed by atoms with E-state index in [4.69, 9.17) is 0 Å². The van der Waals surface area contributed by atoms with Crippen molar-refractivity contribution >= 4 is 45.0 Å². The molecule has 0 bridgehead atoms. The Morgan fingerprint density at radius 2 is 1.30 bits per heavy atom. The molecule has 2 fully saturated rings. The highest BCUT2D eigenvalue weighted by Gasteiger charge is 2.30. The maximum absolute atomic E-state index is 13.6. The lowest BCUT2D eigenvalue weighted by Crippen LogP contribution is -2.16. The van der Waals surface area contributed by atoms with Crippen LogP contribution in [0.25, 0.3) is 11.1 Å². The Morgan fingerprint density at radius 1 is 0.792 bits per heavy atom. The lowest BCUT2D eigenvalue weighted by molar-refractivity contribution is -0.384. The Balaban J connectivity index is 1.09. The fourth-order valence-corrected chi connectivity index (χ4v) is 7.90. The summed E-state index contributed by atoms with van der Waals surface area (Å²) in [5.41, 5.74) is 7.24. The van der Waals surface area contributed by atoms with Gasteiger partial charge in [0.2, 0.25) is 0 Å². The molecule has 2 aromatic heterocycles. The number of amides is 2. The molecular weight excluding hydrogens is 695 g/mol. The second kappa shape index (κ2) is 14.2. The van der Waals surface area contributed by atoms with E-state index in [1.807, 2.05) is 44.2 Å². The van der Waals surface area contributed by atoms with E-state index in [1.165, 1.54) is 24.5 Å². The standard InChI is InChI=1S/C40H35N5O7S/c1-23-31(5-3-7-35(23)43-39(47)37-17-33(25-9-10-25)27(21-46)19-41-37)32-6-4-8-36(24(32)2)44-40(48)38-18-34(26-11-12-26)28(20-42-38)22-53(51,52)30-15-13-29(14-16-30)45(49)50/h3-8,13-21,25-26H,9-12,22H2,1-2H3,(H,43,47)(H,44,48). The van der Waals surface area contributed by atoms with Crippen molar-refractivity contribution in [2.24, 2.45) is 0 Å². The molecule has 0 spiro atoms. The molecule has 0 radical (unpaired) electrons. The van der Waals surface area contributed by atoms with Crippen LogP contribution in [0, 0.1) is 24.0 Å². The summed E-state index contributed by atoms with van der Waals surface area (Å²) in [6.45, 7) is 3.80. The number of nitrogens with one attached hydrogen (secondary N) is 2. The van der Waals surface area contributed by atoms with Crippen LogP contribution >= 0.6 is 0 Å². The van der Waals surface area contributed by atoms with Crippen molar-refractivity contribution < 1.29 is 27.7 Å². The third kappa shape index (κ3) is 7.47. The number of carbonyl (C=O) groups is 3. The highest BCUT2D eigenvalue weighted by Crippen LogP contribution is 2.43. The first-order valence-electron chi connectivity index (χ1n) is 17.2. The van der Waals surface area contributed by atoms with Crippen LogP contribution in [0.2, 0.25) is 0 Å². The van der Waals surface area contributed by atoms with E-state index in [0.29, 0.717) is 22.5 Å². The van der Waals surface area contributed by atoms with Gasteiger partial charge in [-0.3, -0.25) is 34.5 Å². The molecule has 2 aliphatic carbocycles. The van der Waals surface area contributed by atoms with Crippen molar-refractivity contribution in [2.75, 3.05) is 10.6 Å². The van der Waals surface area contributed by atoms with Gasteiger partial charge in [-0.05, 0) is 127 Å². The van der Waals surface area contributed by atoms with E-state index in [9.17, 15) is 32.9 Å². The van der Waals surface area contributed by atoms with Crippen molar-refractivity contribution in [2.45, 2.75) is 62.0 Å². The number of aromatic nitrogens is 2. The zero-order chi connectivity index (χ0) is 37.4. The van der Waals surface area contributed by atoms with E-state index >= 15 is 0 Å². The van der Waals surface area contributed by atoms with Crippen molar-refractivity contribution in [1.29, 1.82) is 0 Å². The molecule has 0 aliphatic heterocycles. The first-order valence-corrected chi connectivity index (χ1v) is 18.8. The van der Waals surface area contributed by atoms with Crippen LogP contribution in [0.3, 0.4) is 0 Å². The quantitative estimate of drug-likeness (QED) is 0.0739. The smallest absolute Gasteiger partial charge is 0.274 e. The van der Waals surface area contributed by atoms with Crippen molar-refractivity contribution in [3.8, 4) is 11.1 Å². The SMILES string of the molecule is Cc1c(NC(=O)c2cc(C3CC3)c(C=O)cn2)cccc1-c1cccc(NC(=O)c2cc(C3CC3)c(CS(=O)(=O)c3ccc([N+](=O)[O-])cc3)cn2)c1C. The fraction of sp³-hybridized carbons (Fsp3) is 0.225. The highest BCUT2D eigenvalue weighted by molar-refractivity contribution is 7.90. The van der Waals surface area contributed by atoms with Gasteiger partial charge in [0.15, 0.2) is 16.1 Å². The van der Waals surface area contributed by atoms with Gasteiger partial charge in [0.25, 0.3) is 17.5 Å². The lowest BCUT2D eigenvalue weighted by atomic mass is 9.94. The van der Waals surface area contributed by atoms with Gasteiger partial charge in [-0.25, -0.2) is 8.42 Å². The third-order valence-corrected chi connectivity index (χ3v) is 11.5. The Bertz CT molecular complexity index is 2420. The molecule has 13 heteroatoms. The monoisotopic (exact) mass is 729 g/mol. The van der Waals surface area contributed by atoms with Gasteiger partial charge in [-0.15, -0.1) is 0 Å². The number of nitro benzene ring substituents is 1. The molecule has 2 amide bonds. The van der Waals surface area contributed by atoms with Crippen LogP contribution in [0.1, 0.15) is 96.7 Å². The zero-order valence-corrected chi connectivity index (χ0v) is 29.8. The van der Waals surface area contributed by atoms with Crippen molar-refractivity contribution in [3.05, 3.63) is 140 Å². The highest BCUT2D eigenvalue weighted by atomic mass is 32.2. The summed E-state index contributed by atoms with van der Waals surface area (Å²) >= 11 is 0. The summed E-state index contributed by atoms with van der Waals surface area (Å²) < 4.78 is 26.5. The molecule has 2 saturated carbocycles. The van der Waals surface area contributed by atoms with Crippen LogP contribution in [0.4, 0.5) is 17.1 Å². The predicted molar refractivity (Wildman–Crippen MR) is 199 cm³/mol. The number of pyridine rings is 2. The number of anilines is 2. The van der Waals surface area contributed by atoms with Gasteiger partial charge in [0.05, 0.1) is 15.6 Å². The molecule has 53 heavy (non-hydrogen) atoms. The Kier molecular flexibility index (Phi) is 9.43. The van der Waals surface area contributed by atoms with E-state index in [2.05, 4.69) is 20.6 Å². The van der Waals surface area contributed by atoms with Gasteiger partial charge in [0.1, 0.15) is 11.4 Å². The largest absolute Gasteiger partial charge is 0.320 e. The van der Waals surface area contributed by atoms with Gasteiger partial charge in [0, 0.05) is 41.5 Å². The maximum atomic E-state index is 13.6. The molecule has 0 unspecified atom stereocenters. The van der Waals surface area contributed by atoms with E-state index < -0.39 is 20.7 Å². The number of benzene rings is 3. The number of hydrogen-bond acceptors (Lipinski definition) is 9. The van der Waals surface area contributed by atoms with E-state index in [-0.39, 0.29) is 45.5 Å². The summed E-state index contributed by atoms with van der Waals surface area (Å²) in [5, 5.41) is 17.0. The maximum Gasteiger partial charge on any atom is 0.274 e. The van der Waals surface area contributed by atoms with E-state index in [1.54, 1.807) is 18.2 Å². The molecule has 268 valence electrons. The summed E-state index contributed by atoms with van der Waals surface area (Å²) in [6, 6.07) is 19.3. The summed E-state index contributed by atoms with van der Waals surface area (Å²) in [4.78, 5) is 57.3. The van der Waals surface area contributed by atoms with Crippen molar-refractivity contribution in [3.63, 3.8) is 0 Å². The fourth-order valence-electron chi connectivity index (χ4n) is 6.53. The number of sulfone groups is 1. The minimum absolute atomic E-state index is 0.0324. The van der Waals surface area contributed by atoms with E-state index in [0.717, 1.165) is 77.5 Å². The molecule has 12 nitrogen and oxygen atoms in total. The van der Waals surface area contributed by atoms with Gasteiger partial charge in [-0.2, -0.15) is 0 Å². The number of nitrogens with zero attached hydrogens (tertiary/aromatic N) is 3. The molecule has 3 aromatic carbocycles. The first-order chi connectivity index (χ1) is 25.4. The van der Waals surface area contributed by atoms with Gasteiger partial charge >= 0.3 is 0 Å². The lowest BCUT2D eigenvalue weighted by Gasteiger charge is -2.17. The molecule has 2 aliphatic rings. The van der Waals surface area contributed by atoms with Crippen LogP contribution in [-0.4, -0.2) is 41.4 Å². The molecule has 5 aromatic rings. The minimum Gasteiger partial charge on any atom is -0.320 e. The molecule has 2 N–H and O–H groups in total. The predicted octanol–water partition coefficient (Wildman–Crippen LogP) is 7.71. The van der Waals surface area contributed by atoms with Crippen LogP contribution in [-0.2, 0) is 15.6 Å². The summed E-state index contributed by atoms with van der Waals surface area (Å²) in [7, 11) is -3.84. The zero-order valence-electron chi connectivity index (χ0n) is 29.0. The summed E-state index contributed by atoms with van der Waals surface area (Å²) in [5.74, 6) is -0.792. The number of rotatable bonds is 12. The molecule has 0 saturated heterocycles. The minimum atomic E-state index is -3.84. The number of aldehydes is 1. The molecule has 2 heterocycles. The van der Waals surface area contributed by atoms with Crippen LogP contribution < -0.4 is 10.6 Å². The topological polar surface area (TPSA) is 178 Å². The second-order valence-electron chi connectivity index (χ2n) is 13.5. The number of nitro groups is 1. The normalized spacial score (nSPS) is 14.0. The van der Waals surface area contributed by atoms with Crippen LogP contribution in [0.15, 0.2) is 90.1 Å². The third-order valence-electron chi connectivity index (χ3n) is 9.82. The number of hydrogen-bond donors (Lipinski definition) is 2. The Hall–Kier alpha value is -6.08. The average Bonchev–Trinajstić information content (AvgIpc) is 4.08. The molecule has 0 atom stereocenters. The Morgan fingerprint density at radius 3 is 1.81 bits per heavy atom. The summed E-state index contributed by atoms with van der Waals surface area (Å²) in [6.07, 6.45) is 7.34. The molecular formula is C40H35N5O7S. The van der Waals surface area contributed by atoms with Gasteiger partial charge in [-0.1, -0.05) is 24.3 Å². The Labute approximate surface area is 305 Å². The van der Waals surface area contributed by atoms with Gasteiger partial charge < -0.3 is 10.6 Å².